The molecular weight excluding hydrogens is 277 g/mol. The van der Waals surface area contributed by atoms with Crippen LogP contribution in [0.25, 0.3) is 0 Å². The number of hydrogen-bond donors (Lipinski definition) is 1. The van der Waals surface area contributed by atoms with Crippen LogP contribution in [0.3, 0.4) is 0 Å². The molecule has 1 aromatic carbocycles. The van der Waals surface area contributed by atoms with Gasteiger partial charge in [-0.3, -0.25) is 0 Å². The van der Waals surface area contributed by atoms with Crippen LogP contribution in [-0.2, 0) is 9.53 Å². The highest BCUT2D eigenvalue weighted by atomic mass is 19.2. The molecule has 1 radical (unpaired) electrons. The van der Waals surface area contributed by atoms with Crippen LogP contribution in [-0.4, -0.2) is 36.7 Å². The van der Waals surface area contributed by atoms with Crippen LogP contribution < -0.4 is 5.46 Å². The number of carbonyl (C=O) groups is 1. The predicted octanol–water partition coefficient (Wildman–Crippen LogP) is 2.37. The van der Waals surface area contributed by atoms with Gasteiger partial charge in [0.05, 0.1) is 0 Å². The highest BCUT2D eigenvalue weighted by molar-refractivity contribution is 6.62. The maximum Gasteiger partial charge on any atom is 0.335 e. The molecule has 0 aliphatic carbocycles. The van der Waals surface area contributed by atoms with Gasteiger partial charge in [0.15, 0.2) is 6.17 Å². The lowest BCUT2D eigenvalue weighted by molar-refractivity contribution is -0.154. The van der Waals surface area contributed by atoms with Crippen molar-refractivity contribution < 1.29 is 23.4 Å². The number of rotatable bonds is 6. The largest absolute Gasteiger partial charge is 0.479 e. The zero-order valence-electron chi connectivity index (χ0n) is 11.9. The van der Waals surface area contributed by atoms with E-state index >= 15 is 0 Å². The molecule has 1 N–H and O–H groups in total. The lowest BCUT2D eigenvalue weighted by Crippen LogP contribution is -2.59. The van der Waals surface area contributed by atoms with Gasteiger partial charge in [0.25, 0.3) is 0 Å². The summed E-state index contributed by atoms with van der Waals surface area (Å²) in [6, 6.07) is 6.57. The molecule has 0 bridgehead atoms. The topological polar surface area (TPSA) is 46.5 Å². The van der Waals surface area contributed by atoms with E-state index in [9.17, 15) is 13.6 Å². The first-order valence-electron chi connectivity index (χ1n) is 7.13. The summed E-state index contributed by atoms with van der Waals surface area (Å²) in [5.41, 5.74) is -2.18. The first-order chi connectivity index (χ1) is 10.0. The summed E-state index contributed by atoms with van der Waals surface area (Å²) in [4.78, 5) is 11.1. The maximum atomic E-state index is 14.5. The Labute approximate surface area is 123 Å². The molecule has 113 valence electrons. The Kier molecular flexibility index (Phi) is 4.98. The fraction of sp³-hybridized carbons (Fsp3) is 0.533. The van der Waals surface area contributed by atoms with Crippen molar-refractivity contribution in [3.05, 3.63) is 29.8 Å². The number of carboxylic acids is 1. The van der Waals surface area contributed by atoms with Gasteiger partial charge in [0.1, 0.15) is 6.10 Å². The van der Waals surface area contributed by atoms with E-state index in [4.69, 9.17) is 9.84 Å². The number of carboxylic acid groups (broad SMARTS) is 1. The number of hydrogen-bond acceptors (Lipinski definition) is 2. The van der Waals surface area contributed by atoms with Gasteiger partial charge in [-0.05, 0) is 12.0 Å². The Hall–Kier alpha value is -1.43. The summed E-state index contributed by atoms with van der Waals surface area (Å²) >= 11 is 0. The maximum absolute atomic E-state index is 14.5. The molecule has 0 aromatic heterocycles. The van der Waals surface area contributed by atoms with Crippen LogP contribution in [0.2, 0.25) is 0 Å². The minimum atomic E-state index is -3.05. The highest BCUT2D eigenvalue weighted by Gasteiger charge is 2.55. The van der Waals surface area contributed by atoms with Crippen molar-refractivity contribution in [3.63, 3.8) is 0 Å². The molecular formula is C15H18BF2O3. The lowest BCUT2D eigenvalue weighted by Gasteiger charge is -2.36. The van der Waals surface area contributed by atoms with Crippen LogP contribution >= 0.6 is 0 Å². The highest BCUT2D eigenvalue weighted by Crippen LogP contribution is 2.36. The fourth-order valence-corrected chi connectivity index (χ4v) is 2.50. The fourth-order valence-electron chi connectivity index (χ4n) is 2.50. The molecule has 0 fully saturated rings. The molecule has 3 unspecified atom stereocenters. The SMILES string of the molecule is CCCCCOC1c2ccccc2[B]C(F)(C(=O)O)C1F. The molecule has 2 rings (SSSR count). The molecule has 1 aliphatic rings. The Morgan fingerprint density at radius 1 is 1.43 bits per heavy atom. The number of ether oxygens (including phenoxy) is 1. The molecule has 6 heteroatoms. The summed E-state index contributed by atoms with van der Waals surface area (Å²) < 4.78 is 34.4. The smallest absolute Gasteiger partial charge is 0.335 e. The quantitative estimate of drug-likeness (QED) is 0.647. The molecule has 0 spiro atoms. The van der Waals surface area contributed by atoms with Gasteiger partial charge >= 0.3 is 5.97 Å². The van der Waals surface area contributed by atoms with Crippen molar-refractivity contribution >= 4 is 18.7 Å². The Balaban J connectivity index is 2.25. The summed E-state index contributed by atoms with van der Waals surface area (Å²) in [5.74, 6) is -1.83. The second-order valence-electron chi connectivity index (χ2n) is 5.25. The zero-order chi connectivity index (χ0) is 15.5. The van der Waals surface area contributed by atoms with E-state index in [1.165, 1.54) is 0 Å². The summed E-state index contributed by atoms with van der Waals surface area (Å²) in [6.45, 7) is 2.31. The first-order valence-corrected chi connectivity index (χ1v) is 7.13. The molecule has 0 saturated carbocycles. The number of aliphatic carboxylic acids is 1. The van der Waals surface area contributed by atoms with Crippen LogP contribution in [0.4, 0.5) is 8.78 Å². The van der Waals surface area contributed by atoms with Crippen LogP contribution in [0.5, 0.6) is 0 Å². The number of fused-ring (bicyclic) bond motifs is 1. The van der Waals surface area contributed by atoms with Gasteiger partial charge in [-0.2, -0.15) is 0 Å². The van der Waals surface area contributed by atoms with E-state index in [1.54, 1.807) is 24.3 Å². The number of alkyl halides is 2. The van der Waals surface area contributed by atoms with Crippen molar-refractivity contribution in [1.82, 2.24) is 0 Å². The Morgan fingerprint density at radius 2 is 2.14 bits per heavy atom. The van der Waals surface area contributed by atoms with E-state index in [0.717, 1.165) is 26.5 Å². The summed E-state index contributed by atoms with van der Waals surface area (Å²) in [7, 11) is 0.835. The van der Waals surface area contributed by atoms with Crippen molar-refractivity contribution in [2.75, 3.05) is 6.61 Å². The van der Waals surface area contributed by atoms with Crippen molar-refractivity contribution in [2.45, 2.75) is 44.0 Å². The normalized spacial score (nSPS) is 27.8. The molecule has 1 aromatic rings. The van der Waals surface area contributed by atoms with Crippen molar-refractivity contribution in [1.29, 1.82) is 0 Å². The van der Waals surface area contributed by atoms with Gasteiger partial charge in [-0.1, -0.05) is 49.5 Å². The zero-order valence-corrected chi connectivity index (χ0v) is 11.9. The summed E-state index contributed by atoms with van der Waals surface area (Å²) in [6.07, 6.45) is -0.801. The lowest BCUT2D eigenvalue weighted by atomic mass is 9.49. The van der Waals surface area contributed by atoms with E-state index in [1.807, 2.05) is 6.92 Å². The summed E-state index contributed by atoms with van der Waals surface area (Å²) in [5, 5.41) is 9.02. The van der Waals surface area contributed by atoms with Crippen LogP contribution in [0.1, 0.15) is 37.9 Å². The first kappa shape index (κ1) is 16.0. The average molecular weight is 295 g/mol. The Morgan fingerprint density at radius 3 is 2.81 bits per heavy atom. The van der Waals surface area contributed by atoms with E-state index in [-0.39, 0.29) is 6.61 Å². The third-order valence-corrected chi connectivity index (χ3v) is 3.71. The number of benzene rings is 1. The van der Waals surface area contributed by atoms with Gasteiger partial charge in [0, 0.05) is 6.61 Å². The predicted molar refractivity (Wildman–Crippen MR) is 76.4 cm³/mol. The average Bonchev–Trinajstić information content (AvgIpc) is 2.47. The van der Waals surface area contributed by atoms with Gasteiger partial charge in [0.2, 0.25) is 12.8 Å². The standard InChI is InChI=1S/C15H18BF2O3/c1-2-3-6-9-21-12-10-7-4-5-8-11(10)16-15(18,13(12)17)14(19)20/h4-5,7-8,12-13H,2-3,6,9H2,1H3,(H,19,20). The van der Waals surface area contributed by atoms with Crippen molar-refractivity contribution in [2.24, 2.45) is 0 Å². The van der Waals surface area contributed by atoms with Gasteiger partial charge < -0.3 is 9.84 Å². The second kappa shape index (κ2) is 6.56. The minimum absolute atomic E-state index is 0.281. The van der Waals surface area contributed by atoms with Crippen molar-refractivity contribution in [3.8, 4) is 0 Å². The molecule has 3 atom stereocenters. The van der Waals surface area contributed by atoms with E-state index in [2.05, 4.69) is 0 Å². The molecule has 1 heterocycles. The third-order valence-electron chi connectivity index (χ3n) is 3.71. The third kappa shape index (κ3) is 3.10. The Bertz CT molecular complexity index is 511. The minimum Gasteiger partial charge on any atom is -0.479 e. The van der Waals surface area contributed by atoms with Crippen LogP contribution in [0, 0.1) is 0 Å². The molecule has 1 aliphatic heterocycles. The molecule has 0 saturated heterocycles. The monoisotopic (exact) mass is 295 g/mol. The molecule has 3 nitrogen and oxygen atoms in total. The van der Waals surface area contributed by atoms with Crippen LogP contribution in [0.15, 0.2) is 24.3 Å². The van der Waals surface area contributed by atoms with Gasteiger partial charge in [-0.15, -0.1) is 0 Å². The number of unbranched alkanes of at least 4 members (excludes halogenated alkanes) is 2. The molecule has 0 amide bonds. The van der Waals surface area contributed by atoms with E-state index in [0.29, 0.717) is 11.0 Å². The number of halogens is 2. The van der Waals surface area contributed by atoms with Gasteiger partial charge in [-0.25, -0.2) is 13.6 Å². The molecule has 21 heavy (non-hydrogen) atoms. The second-order valence-corrected chi connectivity index (χ2v) is 5.25. The van der Waals surface area contributed by atoms with E-state index < -0.39 is 23.8 Å².